The van der Waals surface area contributed by atoms with Gasteiger partial charge in [-0.1, -0.05) is 0 Å². The summed E-state index contributed by atoms with van der Waals surface area (Å²) in [4.78, 5) is 16.9. The maximum absolute atomic E-state index is 11.3. The topological polar surface area (TPSA) is 113 Å². The smallest absolute Gasteiger partial charge is 0.358 e. The second-order valence-corrected chi connectivity index (χ2v) is 6.33. The summed E-state index contributed by atoms with van der Waals surface area (Å²) in [5.74, 6) is -1.82. The number of hydrogen-bond acceptors (Lipinski definition) is 5. The zero-order chi connectivity index (χ0) is 10.7. The van der Waals surface area contributed by atoms with Crippen LogP contribution >= 0.6 is 15.2 Å². The van der Waals surface area contributed by atoms with E-state index in [0.29, 0.717) is 0 Å². The Morgan fingerprint density at radius 1 is 1.23 bits per heavy atom. The lowest BCUT2D eigenvalue weighted by molar-refractivity contribution is 0.182. The molecule has 0 fully saturated rings. The van der Waals surface area contributed by atoms with E-state index in [-0.39, 0.29) is 0 Å². The van der Waals surface area contributed by atoms with Gasteiger partial charge in [-0.05, 0) is 0 Å². The third kappa shape index (κ3) is 4.33. The Balaban J connectivity index is 4.50. The standard InChI is InChI=1S/C4H12O7P2/c1-10-13(9,11-2)4(5)3-12(6,7)8/h4-5H,3H2,1-2H3,(H2,6,7,8). The van der Waals surface area contributed by atoms with Crippen LogP contribution in [0.15, 0.2) is 0 Å². The molecule has 0 heterocycles. The number of rotatable bonds is 5. The molecule has 3 N–H and O–H groups in total. The quantitative estimate of drug-likeness (QED) is 0.572. The lowest BCUT2D eigenvalue weighted by Gasteiger charge is -2.19. The van der Waals surface area contributed by atoms with E-state index in [4.69, 9.17) is 14.9 Å². The van der Waals surface area contributed by atoms with Crippen LogP contribution in [0.4, 0.5) is 0 Å². The van der Waals surface area contributed by atoms with Crippen LogP contribution in [0.25, 0.3) is 0 Å². The fourth-order valence-corrected chi connectivity index (χ4v) is 3.13. The summed E-state index contributed by atoms with van der Waals surface area (Å²) in [6, 6.07) is 0. The van der Waals surface area contributed by atoms with Crippen molar-refractivity contribution in [3.05, 3.63) is 0 Å². The van der Waals surface area contributed by atoms with E-state index < -0.39 is 27.2 Å². The van der Waals surface area contributed by atoms with Crippen molar-refractivity contribution < 1.29 is 33.1 Å². The summed E-state index contributed by atoms with van der Waals surface area (Å²) in [5.41, 5.74) is 0. The van der Waals surface area contributed by atoms with Crippen LogP contribution in [0.3, 0.4) is 0 Å². The van der Waals surface area contributed by atoms with E-state index >= 15 is 0 Å². The van der Waals surface area contributed by atoms with E-state index in [1.165, 1.54) is 0 Å². The summed E-state index contributed by atoms with van der Waals surface area (Å²) in [5, 5.41) is 9.10. The number of aliphatic hydroxyl groups excluding tert-OH is 1. The van der Waals surface area contributed by atoms with Gasteiger partial charge >= 0.3 is 15.2 Å². The highest BCUT2D eigenvalue weighted by Gasteiger charge is 2.37. The van der Waals surface area contributed by atoms with E-state index in [1.807, 2.05) is 0 Å². The minimum absolute atomic E-state index is 0.952. The highest BCUT2D eigenvalue weighted by atomic mass is 31.2. The van der Waals surface area contributed by atoms with E-state index in [1.54, 1.807) is 0 Å². The molecule has 0 amide bonds. The monoisotopic (exact) mass is 234 g/mol. The SMILES string of the molecule is COP(=O)(OC)C(O)CP(=O)(O)O. The molecule has 13 heavy (non-hydrogen) atoms. The minimum atomic E-state index is -4.43. The maximum Gasteiger partial charge on any atom is 0.358 e. The Kier molecular flexibility index (Phi) is 4.76. The van der Waals surface area contributed by atoms with Crippen LogP contribution in [-0.4, -0.2) is 41.1 Å². The van der Waals surface area contributed by atoms with Crippen molar-refractivity contribution >= 4 is 15.2 Å². The van der Waals surface area contributed by atoms with Gasteiger partial charge in [0.05, 0.1) is 6.16 Å². The predicted octanol–water partition coefficient (Wildman–Crippen LogP) is -0.0316. The second kappa shape index (κ2) is 4.66. The van der Waals surface area contributed by atoms with Gasteiger partial charge in [0.25, 0.3) is 0 Å². The molecular formula is C4H12O7P2. The maximum atomic E-state index is 11.3. The molecule has 0 aliphatic heterocycles. The van der Waals surface area contributed by atoms with Gasteiger partial charge in [0.1, 0.15) is 0 Å². The molecule has 9 heteroatoms. The zero-order valence-corrected chi connectivity index (χ0v) is 8.94. The highest BCUT2D eigenvalue weighted by molar-refractivity contribution is 7.57. The summed E-state index contributed by atoms with van der Waals surface area (Å²) < 4.78 is 30.4. The molecule has 0 aromatic carbocycles. The average Bonchev–Trinajstić information content (AvgIpc) is 2.00. The summed E-state index contributed by atoms with van der Waals surface area (Å²) in [6.45, 7) is 0. The van der Waals surface area contributed by atoms with Crippen molar-refractivity contribution in [3.8, 4) is 0 Å². The first-order valence-electron chi connectivity index (χ1n) is 3.19. The first-order chi connectivity index (χ1) is 5.75. The minimum Gasteiger partial charge on any atom is -0.380 e. The van der Waals surface area contributed by atoms with Crippen molar-refractivity contribution in [3.63, 3.8) is 0 Å². The van der Waals surface area contributed by atoms with Crippen LogP contribution in [0.2, 0.25) is 0 Å². The molecule has 0 saturated carbocycles. The lowest BCUT2D eigenvalue weighted by atomic mass is 10.9. The van der Waals surface area contributed by atoms with E-state index in [9.17, 15) is 9.13 Å². The molecule has 0 aliphatic carbocycles. The average molecular weight is 234 g/mol. The van der Waals surface area contributed by atoms with Gasteiger partial charge in [-0.2, -0.15) is 0 Å². The van der Waals surface area contributed by atoms with Crippen molar-refractivity contribution in [2.75, 3.05) is 20.4 Å². The first-order valence-corrected chi connectivity index (χ1v) is 6.60. The van der Waals surface area contributed by atoms with Crippen molar-refractivity contribution in [1.82, 2.24) is 0 Å². The normalized spacial score (nSPS) is 15.8. The predicted molar refractivity (Wildman–Crippen MR) is 44.5 cm³/mol. The molecular weight excluding hydrogens is 222 g/mol. The first kappa shape index (κ1) is 13.3. The Morgan fingerprint density at radius 2 is 1.62 bits per heavy atom. The van der Waals surface area contributed by atoms with Crippen LogP contribution in [-0.2, 0) is 18.2 Å². The van der Waals surface area contributed by atoms with Crippen LogP contribution in [0.5, 0.6) is 0 Å². The molecule has 0 rings (SSSR count). The van der Waals surface area contributed by atoms with Gasteiger partial charge in [0, 0.05) is 14.2 Å². The third-order valence-corrected chi connectivity index (χ3v) is 4.32. The molecule has 0 spiro atoms. The molecule has 1 atom stereocenters. The Hall–Kier alpha value is 0.260. The molecule has 0 saturated heterocycles. The fraction of sp³-hybridized carbons (Fsp3) is 1.00. The van der Waals surface area contributed by atoms with Gasteiger partial charge in [-0.3, -0.25) is 9.13 Å². The van der Waals surface area contributed by atoms with Crippen molar-refractivity contribution in [1.29, 1.82) is 0 Å². The highest BCUT2D eigenvalue weighted by Crippen LogP contribution is 2.54. The van der Waals surface area contributed by atoms with Gasteiger partial charge < -0.3 is 23.9 Å². The molecule has 0 aromatic heterocycles. The number of hydrogen-bond donors (Lipinski definition) is 3. The van der Waals surface area contributed by atoms with E-state index in [0.717, 1.165) is 14.2 Å². The van der Waals surface area contributed by atoms with Crippen LogP contribution in [0, 0.1) is 0 Å². The molecule has 1 unspecified atom stereocenters. The molecule has 0 radical (unpaired) electrons. The van der Waals surface area contributed by atoms with Gasteiger partial charge in [0.2, 0.25) is 0 Å². The second-order valence-electron chi connectivity index (χ2n) is 2.23. The largest absolute Gasteiger partial charge is 0.380 e. The van der Waals surface area contributed by atoms with Crippen LogP contribution < -0.4 is 0 Å². The molecule has 0 aromatic rings. The van der Waals surface area contributed by atoms with E-state index in [2.05, 4.69) is 9.05 Å². The molecule has 0 aliphatic rings. The molecule has 7 nitrogen and oxygen atoms in total. The summed E-state index contributed by atoms with van der Waals surface area (Å²) in [7, 11) is -6.19. The Bertz CT molecular complexity index is 237. The molecule has 80 valence electrons. The number of aliphatic hydroxyl groups is 1. The third-order valence-electron chi connectivity index (χ3n) is 1.28. The van der Waals surface area contributed by atoms with Crippen molar-refractivity contribution in [2.45, 2.75) is 5.85 Å². The van der Waals surface area contributed by atoms with Crippen molar-refractivity contribution in [2.24, 2.45) is 0 Å². The zero-order valence-electron chi connectivity index (χ0n) is 7.15. The van der Waals surface area contributed by atoms with Gasteiger partial charge in [-0.25, -0.2) is 0 Å². The lowest BCUT2D eigenvalue weighted by Crippen LogP contribution is -2.15. The fourth-order valence-electron chi connectivity index (χ4n) is 0.631. The summed E-state index contributed by atoms with van der Waals surface area (Å²) >= 11 is 0. The Morgan fingerprint density at radius 3 is 1.85 bits per heavy atom. The van der Waals surface area contributed by atoms with Gasteiger partial charge in [-0.15, -0.1) is 0 Å². The summed E-state index contributed by atoms with van der Waals surface area (Å²) in [6.07, 6.45) is -0.952. The Labute approximate surface area is 75.4 Å². The molecule has 0 bridgehead atoms. The van der Waals surface area contributed by atoms with Gasteiger partial charge in [0.15, 0.2) is 5.85 Å². The van der Waals surface area contributed by atoms with Crippen LogP contribution in [0.1, 0.15) is 0 Å².